The topological polar surface area (TPSA) is 101 Å². The number of nitrogens with one attached hydrogen (secondary N) is 2. The SMILES string of the molecule is CC(C)n1cnc2c(NCCN3CCNC(=O)C3)nc(-c3cccnc3)nc21. The predicted molar refractivity (Wildman–Crippen MR) is 107 cm³/mol. The van der Waals surface area contributed by atoms with Crippen molar-refractivity contribution >= 4 is 22.9 Å². The number of piperazine rings is 1. The average Bonchev–Trinajstić information content (AvgIpc) is 3.13. The maximum atomic E-state index is 11.5. The number of anilines is 1. The molecule has 0 saturated carbocycles. The van der Waals surface area contributed by atoms with Gasteiger partial charge in [0.2, 0.25) is 5.91 Å². The summed E-state index contributed by atoms with van der Waals surface area (Å²) in [6, 6.07) is 4.05. The Hall–Kier alpha value is -3.07. The Kier molecular flexibility index (Phi) is 5.16. The Bertz CT molecular complexity index is 969. The first kappa shape index (κ1) is 18.3. The Morgan fingerprint density at radius 1 is 1.32 bits per heavy atom. The van der Waals surface area contributed by atoms with E-state index in [9.17, 15) is 4.79 Å². The van der Waals surface area contributed by atoms with Crippen molar-refractivity contribution in [2.24, 2.45) is 0 Å². The number of fused-ring (bicyclic) bond motifs is 1. The van der Waals surface area contributed by atoms with E-state index in [-0.39, 0.29) is 11.9 Å². The molecule has 4 heterocycles. The maximum absolute atomic E-state index is 11.5. The van der Waals surface area contributed by atoms with Gasteiger partial charge in [-0.25, -0.2) is 15.0 Å². The molecule has 3 aromatic heterocycles. The Morgan fingerprint density at radius 3 is 2.96 bits per heavy atom. The van der Waals surface area contributed by atoms with Gasteiger partial charge in [-0.2, -0.15) is 0 Å². The van der Waals surface area contributed by atoms with Gasteiger partial charge in [0.15, 0.2) is 17.3 Å². The van der Waals surface area contributed by atoms with Gasteiger partial charge in [0.25, 0.3) is 0 Å². The fraction of sp³-hybridized carbons (Fsp3) is 0.421. The van der Waals surface area contributed by atoms with Crippen LogP contribution in [0.3, 0.4) is 0 Å². The highest BCUT2D eigenvalue weighted by atomic mass is 16.2. The molecule has 0 bridgehead atoms. The third-order valence-electron chi connectivity index (χ3n) is 4.74. The number of pyridine rings is 1. The predicted octanol–water partition coefficient (Wildman–Crippen LogP) is 1.31. The van der Waals surface area contributed by atoms with Crippen molar-refractivity contribution in [1.82, 2.24) is 34.7 Å². The van der Waals surface area contributed by atoms with Crippen LogP contribution in [0.25, 0.3) is 22.6 Å². The number of amides is 1. The van der Waals surface area contributed by atoms with Gasteiger partial charge in [-0.3, -0.25) is 14.7 Å². The summed E-state index contributed by atoms with van der Waals surface area (Å²) >= 11 is 0. The summed E-state index contributed by atoms with van der Waals surface area (Å²) < 4.78 is 2.04. The number of nitrogens with zero attached hydrogens (tertiary/aromatic N) is 6. The summed E-state index contributed by atoms with van der Waals surface area (Å²) in [6.45, 7) is 7.61. The molecule has 1 amide bonds. The molecule has 9 heteroatoms. The zero-order chi connectivity index (χ0) is 19.5. The van der Waals surface area contributed by atoms with E-state index in [1.165, 1.54) is 0 Å². The molecule has 3 aromatic rings. The molecule has 0 spiro atoms. The van der Waals surface area contributed by atoms with E-state index in [1.54, 1.807) is 18.7 Å². The van der Waals surface area contributed by atoms with Crippen molar-refractivity contribution in [3.63, 3.8) is 0 Å². The minimum absolute atomic E-state index is 0.0743. The van der Waals surface area contributed by atoms with Gasteiger partial charge in [0.05, 0.1) is 12.9 Å². The molecular weight excluding hydrogens is 356 g/mol. The van der Waals surface area contributed by atoms with Crippen LogP contribution in [0.4, 0.5) is 5.82 Å². The summed E-state index contributed by atoms with van der Waals surface area (Å²) in [5.74, 6) is 1.39. The van der Waals surface area contributed by atoms with Crippen LogP contribution >= 0.6 is 0 Å². The minimum Gasteiger partial charge on any atom is -0.367 e. The molecule has 28 heavy (non-hydrogen) atoms. The Morgan fingerprint density at radius 2 is 2.21 bits per heavy atom. The van der Waals surface area contributed by atoms with E-state index < -0.39 is 0 Å². The van der Waals surface area contributed by atoms with Crippen molar-refractivity contribution in [2.45, 2.75) is 19.9 Å². The van der Waals surface area contributed by atoms with E-state index in [4.69, 9.17) is 9.97 Å². The Labute approximate surface area is 163 Å². The van der Waals surface area contributed by atoms with Crippen molar-refractivity contribution in [1.29, 1.82) is 0 Å². The molecule has 2 N–H and O–H groups in total. The molecule has 146 valence electrons. The van der Waals surface area contributed by atoms with Gasteiger partial charge >= 0.3 is 0 Å². The van der Waals surface area contributed by atoms with Gasteiger partial charge in [-0.15, -0.1) is 0 Å². The largest absolute Gasteiger partial charge is 0.367 e. The van der Waals surface area contributed by atoms with Crippen LogP contribution in [-0.4, -0.2) is 68.0 Å². The van der Waals surface area contributed by atoms with Crippen molar-refractivity contribution in [2.75, 3.05) is 38.0 Å². The first-order valence-corrected chi connectivity index (χ1v) is 9.49. The molecule has 1 aliphatic heterocycles. The highest BCUT2D eigenvalue weighted by Crippen LogP contribution is 2.25. The minimum atomic E-state index is 0.0743. The summed E-state index contributed by atoms with van der Waals surface area (Å²) in [5, 5.41) is 6.23. The van der Waals surface area contributed by atoms with E-state index in [1.807, 2.05) is 16.7 Å². The van der Waals surface area contributed by atoms with Crippen molar-refractivity contribution in [3.05, 3.63) is 30.9 Å². The highest BCUT2D eigenvalue weighted by molar-refractivity contribution is 5.85. The van der Waals surface area contributed by atoms with E-state index in [0.29, 0.717) is 31.3 Å². The summed E-state index contributed by atoms with van der Waals surface area (Å²) in [6.07, 6.45) is 5.29. The van der Waals surface area contributed by atoms with Crippen LogP contribution < -0.4 is 10.6 Å². The number of hydrogen-bond acceptors (Lipinski definition) is 7. The lowest BCUT2D eigenvalue weighted by molar-refractivity contribution is -0.124. The Balaban J connectivity index is 1.61. The molecule has 1 saturated heterocycles. The van der Waals surface area contributed by atoms with Crippen LogP contribution in [0.2, 0.25) is 0 Å². The molecule has 9 nitrogen and oxygen atoms in total. The zero-order valence-electron chi connectivity index (χ0n) is 16.1. The van der Waals surface area contributed by atoms with E-state index in [2.05, 4.69) is 39.3 Å². The second-order valence-electron chi connectivity index (χ2n) is 7.11. The monoisotopic (exact) mass is 380 g/mol. The van der Waals surface area contributed by atoms with Gasteiger partial charge < -0.3 is 15.2 Å². The molecule has 0 radical (unpaired) electrons. The van der Waals surface area contributed by atoms with Crippen LogP contribution in [0, 0.1) is 0 Å². The smallest absolute Gasteiger partial charge is 0.234 e. The normalized spacial score (nSPS) is 15.2. The van der Waals surface area contributed by atoms with E-state index in [0.717, 1.165) is 29.8 Å². The van der Waals surface area contributed by atoms with Gasteiger partial charge in [0, 0.05) is 50.2 Å². The number of rotatable bonds is 6. The number of imidazole rings is 1. The number of carbonyl (C=O) groups excluding carboxylic acids is 1. The molecule has 1 fully saturated rings. The quantitative estimate of drug-likeness (QED) is 0.665. The van der Waals surface area contributed by atoms with Crippen LogP contribution in [0.1, 0.15) is 19.9 Å². The molecule has 4 rings (SSSR count). The summed E-state index contributed by atoms with van der Waals surface area (Å²) in [7, 11) is 0. The average molecular weight is 380 g/mol. The molecule has 0 aromatic carbocycles. The second kappa shape index (κ2) is 7.89. The fourth-order valence-corrected chi connectivity index (χ4v) is 3.26. The maximum Gasteiger partial charge on any atom is 0.234 e. The van der Waals surface area contributed by atoms with Crippen molar-refractivity contribution < 1.29 is 4.79 Å². The zero-order valence-corrected chi connectivity index (χ0v) is 16.1. The lowest BCUT2D eigenvalue weighted by Gasteiger charge is -2.26. The standard InChI is InChI=1S/C19H24N8O/c1-13(2)27-12-23-16-18(22-7-9-26-8-6-21-15(28)11-26)24-17(25-19(16)27)14-4-3-5-20-10-14/h3-5,10,12-13H,6-9,11H2,1-2H3,(H,21,28)(H,22,24,25). The first-order valence-electron chi connectivity index (χ1n) is 9.49. The van der Waals surface area contributed by atoms with Gasteiger partial charge in [-0.05, 0) is 26.0 Å². The second-order valence-corrected chi connectivity index (χ2v) is 7.11. The summed E-state index contributed by atoms with van der Waals surface area (Å²) in [5.41, 5.74) is 2.40. The van der Waals surface area contributed by atoms with Crippen molar-refractivity contribution in [3.8, 4) is 11.4 Å². The fourth-order valence-electron chi connectivity index (χ4n) is 3.26. The van der Waals surface area contributed by atoms with E-state index >= 15 is 0 Å². The third kappa shape index (κ3) is 3.79. The summed E-state index contributed by atoms with van der Waals surface area (Å²) in [4.78, 5) is 31.8. The molecular formula is C19H24N8O. The number of aromatic nitrogens is 5. The van der Waals surface area contributed by atoms with Gasteiger partial charge in [-0.1, -0.05) is 0 Å². The van der Waals surface area contributed by atoms with Gasteiger partial charge in [0.1, 0.15) is 5.52 Å². The third-order valence-corrected chi connectivity index (χ3v) is 4.74. The lowest BCUT2D eigenvalue weighted by Crippen LogP contribution is -2.48. The highest BCUT2D eigenvalue weighted by Gasteiger charge is 2.18. The molecule has 0 unspecified atom stereocenters. The van der Waals surface area contributed by atoms with Crippen LogP contribution in [0.5, 0.6) is 0 Å². The van der Waals surface area contributed by atoms with Crippen LogP contribution in [0.15, 0.2) is 30.9 Å². The number of carbonyl (C=O) groups is 1. The number of hydrogen-bond donors (Lipinski definition) is 2. The lowest BCUT2D eigenvalue weighted by atomic mass is 10.2. The molecule has 0 atom stereocenters. The first-order chi connectivity index (χ1) is 13.6. The van der Waals surface area contributed by atoms with Crippen LogP contribution in [-0.2, 0) is 4.79 Å². The molecule has 0 aliphatic carbocycles. The molecule has 1 aliphatic rings.